The number of carbonyl (C=O) groups excluding carboxylic acids is 1. The van der Waals surface area contributed by atoms with Crippen LogP contribution >= 0.6 is 0 Å². The fraction of sp³-hybridized carbons (Fsp3) is 0.536. The third-order valence-corrected chi connectivity index (χ3v) is 8.05. The standard InChI is InChI=1S/C28H39N2O3/c1-30(2,21-26(31)22-11-5-3-6-12-22)25-17-19-29(20-18-25)27(32)28(33,24-15-9-10-16-24)23-13-7-4-8-14-23/h3-8,11-14,24-26,31,33H,9-10,15-21H2,1-2H3/q+1/t26-,28?/m1/s1. The van der Waals surface area contributed by atoms with Crippen LogP contribution in [-0.4, -0.2) is 65.3 Å². The zero-order valence-electron chi connectivity index (χ0n) is 20.1. The lowest BCUT2D eigenvalue weighted by Gasteiger charge is -2.45. The molecule has 33 heavy (non-hydrogen) atoms. The molecule has 1 amide bonds. The second-order valence-corrected chi connectivity index (χ2v) is 10.5. The van der Waals surface area contributed by atoms with Crippen molar-refractivity contribution in [3.63, 3.8) is 0 Å². The van der Waals surface area contributed by atoms with Crippen molar-refractivity contribution >= 4 is 5.91 Å². The van der Waals surface area contributed by atoms with Gasteiger partial charge in [0.1, 0.15) is 12.6 Å². The first kappa shape index (κ1) is 23.9. The van der Waals surface area contributed by atoms with Crippen molar-refractivity contribution in [1.29, 1.82) is 0 Å². The Kier molecular flexibility index (Phi) is 7.22. The van der Waals surface area contributed by atoms with Gasteiger partial charge in [0.15, 0.2) is 5.60 Å². The van der Waals surface area contributed by atoms with Crippen LogP contribution in [0.3, 0.4) is 0 Å². The molecule has 2 N–H and O–H groups in total. The Bertz CT molecular complexity index is 903. The number of aliphatic hydroxyl groups excluding tert-OH is 1. The topological polar surface area (TPSA) is 60.8 Å². The Labute approximate surface area is 198 Å². The van der Waals surface area contributed by atoms with Gasteiger partial charge in [0.25, 0.3) is 5.91 Å². The van der Waals surface area contributed by atoms with Gasteiger partial charge < -0.3 is 19.6 Å². The second-order valence-electron chi connectivity index (χ2n) is 10.5. The van der Waals surface area contributed by atoms with Crippen molar-refractivity contribution in [2.75, 3.05) is 33.7 Å². The fourth-order valence-corrected chi connectivity index (χ4v) is 5.95. The Morgan fingerprint density at radius 3 is 2.09 bits per heavy atom. The minimum atomic E-state index is -1.43. The van der Waals surface area contributed by atoms with Crippen LogP contribution in [0.4, 0.5) is 0 Å². The lowest BCUT2D eigenvalue weighted by Crippen LogP contribution is -2.58. The summed E-state index contributed by atoms with van der Waals surface area (Å²) in [5, 5.41) is 22.6. The maximum atomic E-state index is 13.8. The summed E-state index contributed by atoms with van der Waals surface area (Å²) < 4.78 is 0.712. The highest BCUT2D eigenvalue weighted by molar-refractivity contribution is 5.87. The van der Waals surface area contributed by atoms with Crippen molar-refractivity contribution < 1.29 is 19.5 Å². The van der Waals surface area contributed by atoms with E-state index in [1.165, 1.54) is 0 Å². The summed E-state index contributed by atoms with van der Waals surface area (Å²) in [5.74, 6) is -0.146. The van der Waals surface area contributed by atoms with E-state index in [1.807, 2.05) is 65.6 Å². The van der Waals surface area contributed by atoms with E-state index in [2.05, 4.69) is 14.1 Å². The molecule has 0 radical (unpaired) electrons. The third kappa shape index (κ3) is 5.01. The molecule has 2 aromatic carbocycles. The van der Waals surface area contributed by atoms with Gasteiger partial charge in [0.05, 0.1) is 20.1 Å². The zero-order valence-corrected chi connectivity index (χ0v) is 20.1. The summed E-state index contributed by atoms with van der Waals surface area (Å²) in [6.07, 6.45) is 5.18. The number of amides is 1. The van der Waals surface area contributed by atoms with Gasteiger partial charge in [-0.25, -0.2) is 0 Å². The quantitative estimate of drug-likeness (QED) is 0.629. The van der Waals surface area contributed by atoms with Gasteiger partial charge in [0, 0.05) is 31.8 Å². The van der Waals surface area contributed by atoms with Crippen LogP contribution in [0.25, 0.3) is 0 Å². The SMILES string of the molecule is C[N+](C)(C[C@@H](O)c1ccccc1)C1CCN(C(=O)C(O)(c2ccccc2)C2CCCC2)CC1. The van der Waals surface area contributed by atoms with Crippen LogP contribution in [0.2, 0.25) is 0 Å². The number of quaternary nitrogens is 1. The highest BCUT2D eigenvalue weighted by atomic mass is 16.3. The van der Waals surface area contributed by atoms with Crippen molar-refractivity contribution in [2.45, 2.75) is 56.3 Å². The van der Waals surface area contributed by atoms with E-state index < -0.39 is 11.7 Å². The second kappa shape index (κ2) is 9.96. The Balaban J connectivity index is 1.43. The van der Waals surface area contributed by atoms with Crippen molar-refractivity contribution in [3.05, 3.63) is 71.8 Å². The van der Waals surface area contributed by atoms with E-state index in [1.54, 1.807) is 0 Å². The number of aliphatic hydroxyl groups is 2. The van der Waals surface area contributed by atoms with E-state index in [-0.39, 0.29) is 11.8 Å². The number of hydrogen-bond acceptors (Lipinski definition) is 3. The summed E-state index contributed by atoms with van der Waals surface area (Å²) in [5.41, 5.74) is 0.241. The molecule has 1 saturated carbocycles. The maximum Gasteiger partial charge on any atom is 0.259 e. The average Bonchev–Trinajstić information content (AvgIpc) is 3.40. The van der Waals surface area contributed by atoms with Crippen molar-refractivity contribution in [1.82, 2.24) is 4.90 Å². The molecule has 5 nitrogen and oxygen atoms in total. The van der Waals surface area contributed by atoms with Crippen LogP contribution < -0.4 is 0 Å². The molecule has 0 spiro atoms. The minimum Gasteiger partial charge on any atom is -0.382 e. The van der Waals surface area contributed by atoms with Crippen molar-refractivity contribution in [2.24, 2.45) is 5.92 Å². The minimum absolute atomic E-state index is 0.0154. The van der Waals surface area contributed by atoms with Gasteiger partial charge in [-0.3, -0.25) is 4.79 Å². The first-order chi connectivity index (χ1) is 15.8. The molecule has 2 aliphatic rings. The zero-order chi connectivity index (χ0) is 23.5. The molecule has 178 valence electrons. The molecule has 4 rings (SSSR count). The normalized spacial score (nSPS) is 21.0. The number of likely N-dealkylation sites (tertiary alicyclic amines) is 1. The number of hydrogen-bond donors (Lipinski definition) is 2. The highest BCUT2D eigenvalue weighted by Gasteiger charge is 2.49. The summed E-state index contributed by atoms with van der Waals surface area (Å²) >= 11 is 0. The Hall–Kier alpha value is -2.21. The first-order valence-electron chi connectivity index (χ1n) is 12.5. The van der Waals surface area contributed by atoms with E-state index in [0.29, 0.717) is 30.2 Å². The molecular formula is C28H39N2O3+. The van der Waals surface area contributed by atoms with Crippen LogP contribution in [0.5, 0.6) is 0 Å². The van der Waals surface area contributed by atoms with Crippen LogP contribution in [0, 0.1) is 5.92 Å². The van der Waals surface area contributed by atoms with E-state index >= 15 is 0 Å². The molecule has 2 fully saturated rings. The predicted molar refractivity (Wildman–Crippen MR) is 130 cm³/mol. The molecular weight excluding hydrogens is 412 g/mol. The molecule has 1 heterocycles. The number of nitrogens with zero attached hydrogens (tertiary/aromatic N) is 2. The summed E-state index contributed by atoms with van der Waals surface area (Å²) in [7, 11) is 4.35. The average molecular weight is 452 g/mol. The molecule has 1 saturated heterocycles. The van der Waals surface area contributed by atoms with E-state index in [0.717, 1.165) is 49.7 Å². The molecule has 0 aromatic heterocycles. The van der Waals surface area contributed by atoms with E-state index in [4.69, 9.17) is 0 Å². The fourth-order valence-electron chi connectivity index (χ4n) is 5.95. The van der Waals surface area contributed by atoms with Crippen LogP contribution in [0.1, 0.15) is 55.8 Å². The van der Waals surface area contributed by atoms with Gasteiger partial charge in [-0.2, -0.15) is 0 Å². The number of rotatable bonds is 7. The Morgan fingerprint density at radius 2 is 1.52 bits per heavy atom. The van der Waals surface area contributed by atoms with Crippen LogP contribution in [0.15, 0.2) is 60.7 Å². The number of likely N-dealkylation sites (N-methyl/N-ethyl adjacent to an activating group) is 1. The van der Waals surface area contributed by atoms with Crippen LogP contribution in [-0.2, 0) is 10.4 Å². The van der Waals surface area contributed by atoms with Gasteiger partial charge in [-0.05, 0) is 24.0 Å². The van der Waals surface area contributed by atoms with Gasteiger partial charge in [-0.1, -0.05) is 73.5 Å². The van der Waals surface area contributed by atoms with Gasteiger partial charge in [0.2, 0.25) is 0 Å². The summed E-state index contributed by atoms with van der Waals surface area (Å²) in [6.45, 7) is 1.93. The molecule has 5 heteroatoms. The lowest BCUT2D eigenvalue weighted by molar-refractivity contribution is -0.919. The number of piperidine rings is 1. The maximum absolute atomic E-state index is 13.8. The number of carbonyl (C=O) groups is 1. The van der Waals surface area contributed by atoms with Gasteiger partial charge >= 0.3 is 0 Å². The molecule has 1 unspecified atom stereocenters. The molecule has 1 aliphatic heterocycles. The largest absolute Gasteiger partial charge is 0.382 e. The monoisotopic (exact) mass is 451 g/mol. The molecule has 2 atom stereocenters. The number of benzene rings is 2. The molecule has 1 aliphatic carbocycles. The molecule has 2 aromatic rings. The van der Waals surface area contributed by atoms with Crippen molar-refractivity contribution in [3.8, 4) is 0 Å². The third-order valence-electron chi connectivity index (χ3n) is 8.05. The van der Waals surface area contributed by atoms with E-state index in [9.17, 15) is 15.0 Å². The highest BCUT2D eigenvalue weighted by Crippen LogP contribution is 2.42. The summed E-state index contributed by atoms with van der Waals surface area (Å²) in [6, 6.07) is 19.7. The molecule has 0 bridgehead atoms. The Morgan fingerprint density at radius 1 is 0.970 bits per heavy atom. The predicted octanol–water partition coefficient (Wildman–Crippen LogP) is 3.87. The smallest absolute Gasteiger partial charge is 0.259 e. The first-order valence-corrected chi connectivity index (χ1v) is 12.5. The lowest BCUT2D eigenvalue weighted by atomic mass is 9.78. The summed E-state index contributed by atoms with van der Waals surface area (Å²) in [4.78, 5) is 15.6. The van der Waals surface area contributed by atoms with Gasteiger partial charge in [-0.15, -0.1) is 0 Å².